The molecule has 1 aromatic carbocycles. The van der Waals surface area contributed by atoms with Gasteiger partial charge in [-0.2, -0.15) is 0 Å². The van der Waals surface area contributed by atoms with Crippen molar-refractivity contribution in [2.75, 3.05) is 6.54 Å². The fraction of sp³-hybridized carbons (Fsp3) is 0.647. The molecule has 0 heterocycles. The van der Waals surface area contributed by atoms with E-state index in [0.717, 1.165) is 17.8 Å². The van der Waals surface area contributed by atoms with Gasteiger partial charge in [0.05, 0.1) is 0 Å². The summed E-state index contributed by atoms with van der Waals surface area (Å²) in [5.41, 5.74) is 3.21. The van der Waals surface area contributed by atoms with Gasteiger partial charge < -0.3 is 5.32 Å². The van der Waals surface area contributed by atoms with E-state index in [0.29, 0.717) is 0 Å². The Labute approximate surface area is 121 Å². The molecule has 2 heteroatoms. The predicted molar refractivity (Wildman–Crippen MR) is 84.0 cm³/mol. The molecular formula is C17H25NS. The smallest absolute Gasteiger partial charge is 0.0109 e. The number of hydrogen-bond donors (Lipinski definition) is 1. The van der Waals surface area contributed by atoms with E-state index < -0.39 is 0 Å². The quantitative estimate of drug-likeness (QED) is 0.884. The number of hydrogen-bond acceptors (Lipinski definition) is 2. The monoisotopic (exact) mass is 275 g/mol. The highest BCUT2D eigenvalue weighted by Crippen LogP contribution is 2.35. The van der Waals surface area contributed by atoms with Crippen LogP contribution in [0.25, 0.3) is 0 Å². The maximum atomic E-state index is 3.63. The van der Waals surface area contributed by atoms with Crippen molar-refractivity contribution in [1.82, 2.24) is 5.32 Å². The maximum absolute atomic E-state index is 3.63. The minimum atomic E-state index is 0.755. The highest BCUT2D eigenvalue weighted by Gasteiger charge is 2.22. The average Bonchev–Trinajstić information content (AvgIpc) is 2.87. The zero-order chi connectivity index (χ0) is 13.1. The summed E-state index contributed by atoms with van der Waals surface area (Å²) in [5.74, 6) is 0. The molecule has 0 spiro atoms. The number of thioether (sulfide) groups is 1. The van der Waals surface area contributed by atoms with E-state index in [9.17, 15) is 0 Å². The van der Waals surface area contributed by atoms with Gasteiger partial charge in [-0.05, 0) is 68.3 Å². The first kappa shape index (κ1) is 13.5. The molecule has 104 valence electrons. The fourth-order valence-electron chi connectivity index (χ4n) is 3.54. The van der Waals surface area contributed by atoms with E-state index >= 15 is 0 Å². The summed E-state index contributed by atoms with van der Waals surface area (Å²) in [6.45, 7) is 3.33. The van der Waals surface area contributed by atoms with Crippen LogP contribution in [0, 0.1) is 0 Å². The van der Waals surface area contributed by atoms with E-state index in [1.54, 1.807) is 11.1 Å². The van der Waals surface area contributed by atoms with Crippen LogP contribution in [0.1, 0.15) is 50.2 Å². The Morgan fingerprint density at radius 2 is 2.05 bits per heavy atom. The summed E-state index contributed by atoms with van der Waals surface area (Å²) in [5, 5.41) is 4.45. The van der Waals surface area contributed by atoms with Gasteiger partial charge in [-0.1, -0.05) is 19.4 Å². The van der Waals surface area contributed by atoms with Gasteiger partial charge in [0.15, 0.2) is 0 Å². The van der Waals surface area contributed by atoms with Gasteiger partial charge in [-0.3, -0.25) is 0 Å². The summed E-state index contributed by atoms with van der Waals surface area (Å²) in [6.07, 6.45) is 9.45. The van der Waals surface area contributed by atoms with Crippen LogP contribution in [0.5, 0.6) is 0 Å². The van der Waals surface area contributed by atoms with Crippen LogP contribution >= 0.6 is 11.8 Å². The first-order chi connectivity index (χ1) is 9.35. The van der Waals surface area contributed by atoms with Crippen LogP contribution in [-0.4, -0.2) is 17.8 Å². The van der Waals surface area contributed by atoms with Crippen LogP contribution in [0.2, 0.25) is 0 Å². The predicted octanol–water partition coefficient (Wildman–Crippen LogP) is 4.19. The highest BCUT2D eigenvalue weighted by atomic mass is 32.2. The third-order valence-electron chi connectivity index (χ3n) is 4.49. The molecule has 0 saturated heterocycles. The lowest BCUT2D eigenvalue weighted by Gasteiger charge is -2.29. The minimum absolute atomic E-state index is 0.755. The Balaban J connectivity index is 1.61. The molecule has 0 amide bonds. The van der Waals surface area contributed by atoms with Gasteiger partial charge in [-0.15, -0.1) is 11.8 Å². The standard InChI is InChI=1S/C17H25NS/c1-2-18-15-7-4-8-16(12-15)19-17-10-9-13-5-3-6-14(13)11-17/h9-11,15-16,18H,2-8,12H2,1H3. The van der Waals surface area contributed by atoms with E-state index in [2.05, 4.69) is 42.2 Å². The normalized spacial score (nSPS) is 26.4. The lowest BCUT2D eigenvalue weighted by atomic mass is 9.95. The molecule has 0 radical (unpaired) electrons. The van der Waals surface area contributed by atoms with Gasteiger partial charge in [0.25, 0.3) is 0 Å². The van der Waals surface area contributed by atoms with Crippen molar-refractivity contribution in [1.29, 1.82) is 0 Å². The van der Waals surface area contributed by atoms with Crippen molar-refractivity contribution in [2.45, 2.75) is 68.1 Å². The second-order valence-corrected chi connectivity index (χ2v) is 7.32. The molecule has 1 fully saturated rings. The van der Waals surface area contributed by atoms with Crippen molar-refractivity contribution in [3.63, 3.8) is 0 Å². The highest BCUT2D eigenvalue weighted by molar-refractivity contribution is 8.00. The first-order valence-electron chi connectivity index (χ1n) is 7.87. The summed E-state index contributed by atoms with van der Waals surface area (Å²) >= 11 is 2.12. The van der Waals surface area contributed by atoms with Crippen molar-refractivity contribution in [3.05, 3.63) is 29.3 Å². The Bertz CT molecular complexity index is 427. The molecule has 2 aliphatic carbocycles. The van der Waals surface area contributed by atoms with Crippen LogP contribution in [0.4, 0.5) is 0 Å². The molecule has 0 aromatic heterocycles. The summed E-state index contributed by atoms with van der Waals surface area (Å²) in [4.78, 5) is 1.50. The SMILES string of the molecule is CCNC1CCCC(Sc2ccc3c(c2)CCC3)C1. The topological polar surface area (TPSA) is 12.0 Å². The summed E-state index contributed by atoms with van der Waals surface area (Å²) in [7, 11) is 0. The van der Waals surface area contributed by atoms with E-state index in [1.807, 2.05) is 0 Å². The number of rotatable bonds is 4. The molecule has 2 atom stereocenters. The zero-order valence-corrected chi connectivity index (χ0v) is 12.8. The third-order valence-corrected chi connectivity index (χ3v) is 5.78. The third kappa shape index (κ3) is 3.35. The van der Waals surface area contributed by atoms with E-state index in [1.165, 1.54) is 49.8 Å². The molecule has 2 unspecified atom stereocenters. The minimum Gasteiger partial charge on any atom is -0.314 e. The number of benzene rings is 1. The number of aryl methyl sites for hydroxylation is 2. The van der Waals surface area contributed by atoms with Gasteiger partial charge in [0.2, 0.25) is 0 Å². The van der Waals surface area contributed by atoms with Gasteiger partial charge >= 0.3 is 0 Å². The van der Waals surface area contributed by atoms with Crippen molar-refractivity contribution >= 4 is 11.8 Å². The second-order valence-electron chi connectivity index (χ2n) is 5.95. The molecule has 3 rings (SSSR count). The largest absolute Gasteiger partial charge is 0.314 e. The van der Waals surface area contributed by atoms with Crippen LogP contribution in [0.3, 0.4) is 0 Å². The van der Waals surface area contributed by atoms with Gasteiger partial charge in [0, 0.05) is 16.2 Å². The number of fused-ring (bicyclic) bond motifs is 1. The number of nitrogens with one attached hydrogen (secondary N) is 1. The Kier molecular flexibility index (Phi) is 4.49. The van der Waals surface area contributed by atoms with Gasteiger partial charge in [0.1, 0.15) is 0 Å². The lowest BCUT2D eigenvalue weighted by Crippen LogP contribution is -2.34. The Morgan fingerprint density at radius 1 is 1.16 bits per heavy atom. The zero-order valence-electron chi connectivity index (χ0n) is 12.0. The van der Waals surface area contributed by atoms with Crippen LogP contribution < -0.4 is 5.32 Å². The second kappa shape index (κ2) is 6.32. The molecule has 19 heavy (non-hydrogen) atoms. The van der Waals surface area contributed by atoms with Crippen molar-refractivity contribution in [2.24, 2.45) is 0 Å². The molecule has 1 saturated carbocycles. The molecular weight excluding hydrogens is 250 g/mol. The van der Waals surface area contributed by atoms with Crippen molar-refractivity contribution in [3.8, 4) is 0 Å². The fourth-order valence-corrected chi connectivity index (χ4v) is 4.89. The molecule has 1 nitrogen and oxygen atoms in total. The van der Waals surface area contributed by atoms with Crippen LogP contribution in [-0.2, 0) is 12.8 Å². The van der Waals surface area contributed by atoms with E-state index in [-0.39, 0.29) is 0 Å². The summed E-state index contributed by atoms with van der Waals surface area (Å²) in [6, 6.07) is 7.94. The van der Waals surface area contributed by atoms with E-state index in [4.69, 9.17) is 0 Å². The summed E-state index contributed by atoms with van der Waals surface area (Å²) < 4.78 is 0. The molecule has 2 aliphatic rings. The first-order valence-corrected chi connectivity index (χ1v) is 8.75. The molecule has 1 N–H and O–H groups in total. The molecule has 1 aromatic rings. The van der Waals surface area contributed by atoms with Crippen molar-refractivity contribution < 1.29 is 0 Å². The Hall–Kier alpha value is -0.470. The Morgan fingerprint density at radius 3 is 2.95 bits per heavy atom. The molecule has 0 aliphatic heterocycles. The van der Waals surface area contributed by atoms with Gasteiger partial charge in [-0.25, -0.2) is 0 Å². The average molecular weight is 275 g/mol. The maximum Gasteiger partial charge on any atom is 0.0109 e. The molecule has 0 bridgehead atoms. The lowest BCUT2D eigenvalue weighted by molar-refractivity contribution is 0.388. The van der Waals surface area contributed by atoms with Crippen LogP contribution in [0.15, 0.2) is 23.1 Å².